The smallest absolute Gasteiger partial charge is 0.0291 e. The van der Waals surface area contributed by atoms with Gasteiger partial charge in [0.25, 0.3) is 0 Å². The minimum atomic E-state index is 0.453. The van der Waals surface area contributed by atoms with Crippen molar-refractivity contribution < 1.29 is 0 Å². The second kappa shape index (κ2) is 7.78. The lowest BCUT2D eigenvalue weighted by Gasteiger charge is -2.13. The van der Waals surface area contributed by atoms with E-state index in [0.717, 1.165) is 12.5 Å². The van der Waals surface area contributed by atoms with Crippen LogP contribution in [0.2, 0.25) is 0 Å². The van der Waals surface area contributed by atoms with Crippen molar-refractivity contribution in [1.82, 2.24) is 5.32 Å². The number of benzene rings is 1. The Morgan fingerprint density at radius 3 is 2.29 bits per heavy atom. The molecule has 1 aromatic rings. The summed E-state index contributed by atoms with van der Waals surface area (Å²) in [5.41, 5.74) is 1.38. The first-order chi connectivity index (χ1) is 8.13. The first-order valence-electron chi connectivity index (χ1n) is 6.59. The molecule has 1 N–H and O–H groups in total. The summed E-state index contributed by atoms with van der Waals surface area (Å²) in [6, 6.07) is 9.42. The Kier molecular flexibility index (Phi) is 6.68. The highest BCUT2D eigenvalue weighted by Crippen LogP contribution is 2.22. The van der Waals surface area contributed by atoms with Crippen molar-refractivity contribution in [3.05, 3.63) is 29.8 Å². The molecule has 0 aromatic heterocycles. The van der Waals surface area contributed by atoms with E-state index in [4.69, 9.17) is 0 Å². The predicted octanol–water partition coefficient (Wildman–Crippen LogP) is 4.50. The van der Waals surface area contributed by atoms with E-state index in [1.165, 1.54) is 22.6 Å². The molecule has 1 rings (SSSR count). The average Bonchev–Trinajstić information content (AvgIpc) is 2.30. The molecule has 1 nitrogen and oxygen atoms in total. The Labute approximate surface area is 110 Å². The van der Waals surface area contributed by atoms with Crippen LogP contribution in [0.4, 0.5) is 0 Å². The number of rotatable bonds is 7. The molecule has 17 heavy (non-hydrogen) atoms. The Balaban J connectivity index is 2.44. The van der Waals surface area contributed by atoms with Gasteiger partial charge in [-0.2, -0.15) is 0 Å². The molecule has 0 heterocycles. The fraction of sp³-hybridized carbons (Fsp3) is 0.600. The van der Waals surface area contributed by atoms with Crippen LogP contribution in [0.15, 0.2) is 29.2 Å². The fourth-order valence-corrected chi connectivity index (χ4v) is 2.84. The summed E-state index contributed by atoms with van der Waals surface area (Å²) in [6.07, 6.45) is 1.29. The van der Waals surface area contributed by atoms with E-state index >= 15 is 0 Å². The van der Waals surface area contributed by atoms with E-state index in [-0.39, 0.29) is 0 Å². The third-order valence-corrected chi connectivity index (χ3v) is 3.90. The summed E-state index contributed by atoms with van der Waals surface area (Å²) < 4.78 is 0. The third-order valence-electron chi connectivity index (χ3n) is 2.85. The molecular formula is C15H25NS. The molecule has 0 amide bonds. The van der Waals surface area contributed by atoms with Gasteiger partial charge in [0.1, 0.15) is 0 Å². The average molecular weight is 251 g/mol. The van der Waals surface area contributed by atoms with E-state index in [0.29, 0.717) is 6.04 Å². The van der Waals surface area contributed by atoms with Crippen molar-refractivity contribution in [2.45, 2.75) is 45.1 Å². The topological polar surface area (TPSA) is 12.0 Å². The Bertz CT molecular complexity index is 305. The zero-order chi connectivity index (χ0) is 12.7. The minimum Gasteiger partial charge on any atom is -0.310 e. The molecule has 0 aliphatic rings. The molecule has 0 bridgehead atoms. The van der Waals surface area contributed by atoms with E-state index < -0.39 is 0 Å². The molecule has 0 radical (unpaired) electrons. The quantitative estimate of drug-likeness (QED) is 0.716. The lowest BCUT2D eigenvalue weighted by molar-refractivity contribution is 0.598. The monoisotopic (exact) mass is 251 g/mol. The van der Waals surface area contributed by atoms with Crippen LogP contribution in [0.25, 0.3) is 0 Å². The molecule has 0 saturated carbocycles. The van der Waals surface area contributed by atoms with E-state index in [2.05, 4.69) is 57.3 Å². The SMILES string of the molecule is CCNC(C)c1ccc(SCCC(C)C)cc1. The van der Waals surface area contributed by atoms with Gasteiger partial charge in [0.15, 0.2) is 0 Å². The van der Waals surface area contributed by atoms with Gasteiger partial charge in [-0.1, -0.05) is 32.9 Å². The van der Waals surface area contributed by atoms with Crippen LogP contribution < -0.4 is 5.32 Å². The summed E-state index contributed by atoms with van der Waals surface area (Å²) in [4.78, 5) is 1.39. The van der Waals surface area contributed by atoms with Gasteiger partial charge < -0.3 is 5.32 Å². The molecule has 0 fully saturated rings. The van der Waals surface area contributed by atoms with Crippen LogP contribution in [0.5, 0.6) is 0 Å². The zero-order valence-electron chi connectivity index (χ0n) is 11.5. The summed E-state index contributed by atoms with van der Waals surface area (Å²) in [6.45, 7) is 9.94. The molecule has 0 saturated heterocycles. The van der Waals surface area contributed by atoms with E-state index in [1.54, 1.807) is 0 Å². The number of nitrogens with one attached hydrogen (secondary N) is 1. The van der Waals surface area contributed by atoms with Crippen molar-refractivity contribution in [2.75, 3.05) is 12.3 Å². The van der Waals surface area contributed by atoms with Gasteiger partial charge in [-0.15, -0.1) is 11.8 Å². The second-order valence-corrected chi connectivity index (χ2v) is 6.05. The van der Waals surface area contributed by atoms with Gasteiger partial charge in [-0.3, -0.25) is 0 Å². The Morgan fingerprint density at radius 1 is 1.12 bits per heavy atom. The Hall–Kier alpha value is -0.470. The predicted molar refractivity (Wildman–Crippen MR) is 78.7 cm³/mol. The summed E-state index contributed by atoms with van der Waals surface area (Å²) >= 11 is 1.96. The molecule has 0 spiro atoms. The van der Waals surface area contributed by atoms with Crippen molar-refractivity contribution >= 4 is 11.8 Å². The standard InChI is InChI=1S/C15H25NS/c1-5-16-13(4)14-6-8-15(9-7-14)17-11-10-12(2)3/h6-9,12-13,16H,5,10-11H2,1-4H3. The molecule has 1 unspecified atom stereocenters. The summed E-state index contributed by atoms with van der Waals surface area (Å²) in [7, 11) is 0. The van der Waals surface area contributed by atoms with E-state index in [9.17, 15) is 0 Å². The van der Waals surface area contributed by atoms with Gasteiger partial charge in [0.2, 0.25) is 0 Å². The van der Waals surface area contributed by atoms with Crippen molar-refractivity contribution in [3.8, 4) is 0 Å². The van der Waals surface area contributed by atoms with Gasteiger partial charge in [0.05, 0.1) is 0 Å². The highest BCUT2D eigenvalue weighted by atomic mass is 32.2. The van der Waals surface area contributed by atoms with Crippen LogP contribution in [-0.2, 0) is 0 Å². The van der Waals surface area contributed by atoms with Gasteiger partial charge in [0, 0.05) is 10.9 Å². The number of thioether (sulfide) groups is 1. The number of hydrogen-bond acceptors (Lipinski definition) is 2. The Morgan fingerprint density at radius 2 is 1.76 bits per heavy atom. The summed E-state index contributed by atoms with van der Waals surface area (Å²) in [5.74, 6) is 2.02. The molecule has 2 heteroatoms. The fourth-order valence-electron chi connectivity index (χ4n) is 1.69. The van der Waals surface area contributed by atoms with Gasteiger partial charge >= 0.3 is 0 Å². The molecule has 1 atom stereocenters. The first-order valence-corrected chi connectivity index (χ1v) is 7.58. The normalized spacial score (nSPS) is 13.0. The molecule has 96 valence electrons. The lowest BCUT2D eigenvalue weighted by Crippen LogP contribution is -2.17. The van der Waals surface area contributed by atoms with Crippen LogP contribution in [-0.4, -0.2) is 12.3 Å². The van der Waals surface area contributed by atoms with Crippen molar-refractivity contribution in [3.63, 3.8) is 0 Å². The van der Waals surface area contributed by atoms with E-state index in [1.807, 2.05) is 11.8 Å². The maximum Gasteiger partial charge on any atom is 0.0291 e. The maximum absolute atomic E-state index is 3.43. The first kappa shape index (κ1) is 14.6. The molecule has 1 aromatic carbocycles. The second-order valence-electron chi connectivity index (χ2n) is 4.88. The third kappa shape index (κ3) is 5.60. The van der Waals surface area contributed by atoms with Crippen molar-refractivity contribution in [1.29, 1.82) is 0 Å². The van der Waals surface area contributed by atoms with Gasteiger partial charge in [-0.05, 0) is 49.3 Å². The largest absolute Gasteiger partial charge is 0.310 e. The lowest BCUT2D eigenvalue weighted by atomic mass is 10.1. The van der Waals surface area contributed by atoms with Crippen LogP contribution >= 0.6 is 11.8 Å². The maximum atomic E-state index is 3.43. The van der Waals surface area contributed by atoms with Crippen molar-refractivity contribution in [2.24, 2.45) is 5.92 Å². The van der Waals surface area contributed by atoms with Crippen LogP contribution in [0, 0.1) is 5.92 Å². The highest BCUT2D eigenvalue weighted by Gasteiger charge is 2.03. The summed E-state index contributed by atoms with van der Waals surface area (Å²) in [5, 5.41) is 3.43. The molecule has 0 aliphatic heterocycles. The molecular weight excluding hydrogens is 226 g/mol. The van der Waals surface area contributed by atoms with Crippen LogP contribution in [0.1, 0.15) is 45.7 Å². The van der Waals surface area contributed by atoms with Gasteiger partial charge in [-0.25, -0.2) is 0 Å². The highest BCUT2D eigenvalue weighted by molar-refractivity contribution is 7.99. The van der Waals surface area contributed by atoms with Crippen LogP contribution in [0.3, 0.4) is 0 Å². The zero-order valence-corrected chi connectivity index (χ0v) is 12.3. The number of hydrogen-bond donors (Lipinski definition) is 1. The molecule has 0 aliphatic carbocycles. The minimum absolute atomic E-state index is 0.453.